The van der Waals surface area contributed by atoms with Crippen LogP contribution in [0, 0.1) is 17.8 Å². The molecule has 25 heavy (non-hydrogen) atoms. The van der Waals surface area contributed by atoms with Crippen LogP contribution in [0.3, 0.4) is 0 Å². The number of ketones is 1. The Morgan fingerprint density at radius 3 is 3.00 bits per heavy atom. The van der Waals surface area contributed by atoms with Crippen LogP contribution in [0.25, 0.3) is 0 Å². The number of rotatable bonds is 3. The molecule has 2 heterocycles. The predicted molar refractivity (Wildman–Crippen MR) is 90.4 cm³/mol. The first-order valence-electron chi connectivity index (χ1n) is 9.38. The van der Waals surface area contributed by atoms with Gasteiger partial charge in [-0.2, -0.15) is 0 Å². The molecule has 0 aromatic heterocycles. The molecular formula is C20H23NO4. The summed E-state index contributed by atoms with van der Waals surface area (Å²) in [4.78, 5) is 25.2. The first kappa shape index (κ1) is 15.4. The molecule has 1 N–H and O–H groups in total. The zero-order chi connectivity index (χ0) is 17.0. The fourth-order valence-electron chi connectivity index (χ4n) is 5.26. The molecule has 4 aliphatic rings. The van der Waals surface area contributed by atoms with Gasteiger partial charge in [-0.1, -0.05) is 12.1 Å². The van der Waals surface area contributed by atoms with E-state index in [1.807, 2.05) is 24.3 Å². The van der Waals surface area contributed by atoms with Gasteiger partial charge in [0.25, 0.3) is 0 Å². The topological polar surface area (TPSA) is 64.6 Å². The molecule has 5 rings (SSSR count). The quantitative estimate of drug-likeness (QED) is 0.916. The standard InChI is InChI=1S/C20H23NO4/c22-15-10-20(25-16-6-2-1-5-13(15)16)8-7-14-17(18(14)20)19(23)21-11-12-4-3-9-24-12/h1-2,5-6,12,14,17-18H,3-4,7-11H2,(H,21,23)/t12-,14+,17+,18+,20+/m0/s1. The summed E-state index contributed by atoms with van der Waals surface area (Å²) in [5.74, 6) is 1.47. The highest BCUT2D eigenvalue weighted by Crippen LogP contribution is 2.65. The molecule has 1 spiro atoms. The number of Topliss-reactive ketones (excluding diaryl/α,β-unsaturated/α-hetero) is 1. The number of amides is 1. The Morgan fingerprint density at radius 1 is 1.28 bits per heavy atom. The summed E-state index contributed by atoms with van der Waals surface area (Å²) in [7, 11) is 0. The van der Waals surface area contributed by atoms with Crippen LogP contribution in [0.1, 0.15) is 42.5 Å². The summed E-state index contributed by atoms with van der Waals surface area (Å²) in [6, 6.07) is 7.47. The van der Waals surface area contributed by atoms with Crippen molar-refractivity contribution in [3.63, 3.8) is 0 Å². The van der Waals surface area contributed by atoms with Crippen molar-refractivity contribution in [2.75, 3.05) is 13.2 Å². The van der Waals surface area contributed by atoms with Crippen LogP contribution in [0.5, 0.6) is 5.75 Å². The van der Waals surface area contributed by atoms with Crippen molar-refractivity contribution in [1.29, 1.82) is 0 Å². The van der Waals surface area contributed by atoms with Gasteiger partial charge < -0.3 is 14.8 Å². The normalized spacial score (nSPS) is 38.2. The molecule has 1 saturated heterocycles. The lowest BCUT2D eigenvalue weighted by atomic mass is 9.84. The summed E-state index contributed by atoms with van der Waals surface area (Å²) in [5, 5.41) is 3.06. The van der Waals surface area contributed by atoms with Crippen LogP contribution in [-0.4, -0.2) is 36.5 Å². The van der Waals surface area contributed by atoms with Crippen LogP contribution < -0.4 is 10.1 Å². The van der Waals surface area contributed by atoms with Gasteiger partial charge in [0.05, 0.1) is 18.1 Å². The highest BCUT2D eigenvalue weighted by molar-refractivity contribution is 6.00. The maximum absolute atomic E-state index is 12.6. The molecule has 1 aromatic carbocycles. The van der Waals surface area contributed by atoms with Gasteiger partial charge in [0, 0.05) is 25.0 Å². The highest BCUT2D eigenvalue weighted by atomic mass is 16.5. The number of carbonyl (C=O) groups is 2. The number of hydrogen-bond acceptors (Lipinski definition) is 4. The number of nitrogens with one attached hydrogen (secondary N) is 1. The maximum atomic E-state index is 12.6. The van der Waals surface area contributed by atoms with Crippen LogP contribution in [0.4, 0.5) is 0 Å². The van der Waals surface area contributed by atoms with E-state index < -0.39 is 5.60 Å². The third-order valence-corrected chi connectivity index (χ3v) is 6.47. The first-order chi connectivity index (χ1) is 12.2. The smallest absolute Gasteiger partial charge is 0.223 e. The van der Waals surface area contributed by atoms with E-state index >= 15 is 0 Å². The number of para-hydroxylation sites is 1. The van der Waals surface area contributed by atoms with Crippen molar-refractivity contribution in [3.8, 4) is 5.75 Å². The van der Waals surface area contributed by atoms with E-state index in [1.165, 1.54) is 0 Å². The van der Waals surface area contributed by atoms with Gasteiger partial charge in [-0.05, 0) is 43.7 Å². The minimum atomic E-state index is -0.470. The van der Waals surface area contributed by atoms with E-state index in [4.69, 9.17) is 9.47 Å². The van der Waals surface area contributed by atoms with Crippen molar-refractivity contribution in [2.45, 2.75) is 43.8 Å². The molecule has 3 fully saturated rings. The Bertz CT molecular complexity index is 726. The molecule has 0 bridgehead atoms. The van der Waals surface area contributed by atoms with Crippen LogP contribution in [0.2, 0.25) is 0 Å². The lowest BCUT2D eigenvalue weighted by Gasteiger charge is -2.37. The SMILES string of the molecule is O=C1C[C@@]2(CC[C@@H]3[C@@H](C(=O)NC[C@@H]4CCCO4)[C@@H]32)Oc2ccccc21. The van der Waals surface area contributed by atoms with Crippen LogP contribution in [0.15, 0.2) is 24.3 Å². The summed E-state index contributed by atoms with van der Waals surface area (Å²) < 4.78 is 11.9. The monoisotopic (exact) mass is 341 g/mol. The lowest BCUT2D eigenvalue weighted by molar-refractivity contribution is -0.124. The highest BCUT2D eigenvalue weighted by Gasteiger charge is 2.70. The zero-order valence-electron chi connectivity index (χ0n) is 14.2. The first-order valence-corrected chi connectivity index (χ1v) is 9.38. The summed E-state index contributed by atoms with van der Waals surface area (Å²) in [5.41, 5.74) is 0.207. The van der Waals surface area contributed by atoms with E-state index in [9.17, 15) is 9.59 Å². The molecule has 0 radical (unpaired) electrons. The number of fused-ring (bicyclic) bond motifs is 3. The fourth-order valence-corrected chi connectivity index (χ4v) is 5.26. The average molecular weight is 341 g/mol. The maximum Gasteiger partial charge on any atom is 0.223 e. The third-order valence-electron chi connectivity index (χ3n) is 6.47. The Balaban J connectivity index is 1.29. The van der Waals surface area contributed by atoms with E-state index in [2.05, 4.69) is 5.32 Å². The fraction of sp³-hybridized carbons (Fsp3) is 0.600. The Hall–Kier alpha value is -1.88. The van der Waals surface area contributed by atoms with Crippen molar-refractivity contribution < 1.29 is 19.1 Å². The molecule has 5 nitrogen and oxygen atoms in total. The Kier molecular flexibility index (Phi) is 3.42. The van der Waals surface area contributed by atoms with Crippen LogP contribution in [-0.2, 0) is 9.53 Å². The summed E-state index contributed by atoms with van der Waals surface area (Å²) in [6.07, 6.45) is 4.51. The van der Waals surface area contributed by atoms with Gasteiger partial charge in [-0.15, -0.1) is 0 Å². The molecule has 0 unspecified atom stereocenters. The molecule has 132 valence electrons. The number of hydrogen-bond donors (Lipinski definition) is 1. The average Bonchev–Trinajstić information content (AvgIpc) is 2.94. The second kappa shape index (κ2) is 5.56. The third kappa shape index (κ3) is 2.40. The molecule has 1 aromatic rings. The van der Waals surface area contributed by atoms with Gasteiger partial charge in [0.15, 0.2) is 5.78 Å². The minimum absolute atomic E-state index is 0.00628. The van der Waals surface area contributed by atoms with E-state index in [0.29, 0.717) is 30.2 Å². The zero-order valence-corrected chi connectivity index (χ0v) is 14.2. The molecule has 5 heteroatoms. The van der Waals surface area contributed by atoms with Gasteiger partial charge in [0.1, 0.15) is 11.4 Å². The van der Waals surface area contributed by atoms with Gasteiger partial charge in [0.2, 0.25) is 5.91 Å². The lowest BCUT2D eigenvalue weighted by Crippen LogP contribution is -2.44. The van der Waals surface area contributed by atoms with Gasteiger partial charge >= 0.3 is 0 Å². The Morgan fingerprint density at radius 2 is 2.16 bits per heavy atom. The molecule has 2 aliphatic carbocycles. The minimum Gasteiger partial charge on any atom is -0.486 e. The molecule has 2 saturated carbocycles. The molecular weight excluding hydrogens is 318 g/mol. The number of ether oxygens (including phenoxy) is 2. The van der Waals surface area contributed by atoms with E-state index in [1.54, 1.807) is 0 Å². The van der Waals surface area contributed by atoms with Gasteiger partial charge in [-0.25, -0.2) is 0 Å². The molecule has 1 amide bonds. The molecule has 2 aliphatic heterocycles. The second-order valence-corrected chi connectivity index (χ2v) is 7.90. The van der Waals surface area contributed by atoms with Gasteiger partial charge in [-0.3, -0.25) is 9.59 Å². The van der Waals surface area contributed by atoms with E-state index in [-0.39, 0.29) is 29.6 Å². The van der Waals surface area contributed by atoms with Crippen molar-refractivity contribution in [1.82, 2.24) is 5.32 Å². The van der Waals surface area contributed by atoms with Crippen molar-refractivity contribution in [3.05, 3.63) is 29.8 Å². The largest absolute Gasteiger partial charge is 0.486 e. The number of benzene rings is 1. The number of carbonyl (C=O) groups excluding carboxylic acids is 2. The summed E-state index contributed by atoms with van der Waals surface area (Å²) in [6.45, 7) is 1.40. The van der Waals surface area contributed by atoms with Crippen LogP contribution >= 0.6 is 0 Å². The second-order valence-electron chi connectivity index (χ2n) is 7.90. The van der Waals surface area contributed by atoms with Crippen molar-refractivity contribution >= 4 is 11.7 Å². The van der Waals surface area contributed by atoms with E-state index in [0.717, 1.165) is 32.3 Å². The van der Waals surface area contributed by atoms with Crippen molar-refractivity contribution in [2.24, 2.45) is 17.8 Å². The Labute approximate surface area is 147 Å². The molecule has 5 atom stereocenters. The predicted octanol–water partition coefficient (Wildman–Crippen LogP) is 2.34. The summed E-state index contributed by atoms with van der Waals surface area (Å²) >= 11 is 0.